The smallest absolute Gasteiger partial charge is 0.185 e. The summed E-state index contributed by atoms with van der Waals surface area (Å²) in [5.41, 5.74) is 6.48. The van der Waals surface area contributed by atoms with Crippen molar-refractivity contribution in [3.05, 3.63) is 70.8 Å². The number of anilines is 2. The summed E-state index contributed by atoms with van der Waals surface area (Å²) >= 11 is 0. The summed E-state index contributed by atoms with van der Waals surface area (Å²) in [6, 6.07) is 17.0. The SMILES string of the molecule is CCN(CC)c1ccc(/C=C2/CC/C(=C/c3ccc(N(CC)CC)cc3)C2=O)cc1. The molecule has 1 fully saturated rings. The molecule has 0 amide bonds. The number of ketones is 1. The highest BCUT2D eigenvalue weighted by Crippen LogP contribution is 2.30. The first-order valence-corrected chi connectivity index (χ1v) is 11.2. The maximum absolute atomic E-state index is 12.9. The molecule has 1 aliphatic rings. The summed E-state index contributed by atoms with van der Waals surface area (Å²) in [5.74, 6) is 0.190. The van der Waals surface area contributed by atoms with Crippen LogP contribution in [0.25, 0.3) is 12.2 Å². The molecule has 0 spiro atoms. The molecule has 158 valence electrons. The summed E-state index contributed by atoms with van der Waals surface area (Å²) in [6.07, 6.45) is 5.75. The van der Waals surface area contributed by atoms with Gasteiger partial charge in [-0.25, -0.2) is 0 Å². The number of allylic oxidation sites excluding steroid dienone is 2. The van der Waals surface area contributed by atoms with E-state index >= 15 is 0 Å². The minimum Gasteiger partial charge on any atom is -0.372 e. The van der Waals surface area contributed by atoms with Gasteiger partial charge in [-0.1, -0.05) is 24.3 Å². The fourth-order valence-electron chi connectivity index (χ4n) is 4.12. The van der Waals surface area contributed by atoms with Crippen molar-refractivity contribution in [1.82, 2.24) is 0 Å². The molecule has 3 rings (SSSR count). The van der Waals surface area contributed by atoms with E-state index in [1.54, 1.807) is 0 Å². The lowest BCUT2D eigenvalue weighted by Gasteiger charge is -2.20. The molecule has 0 unspecified atom stereocenters. The number of hydrogen-bond acceptors (Lipinski definition) is 3. The third-order valence-corrected chi connectivity index (χ3v) is 5.97. The number of rotatable bonds is 8. The Balaban J connectivity index is 1.72. The lowest BCUT2D eigenvalue weighted by molar-refractivity contribution is -0.111. The fourth-order valence-corrected chi connectivity index (χ4v) is 4.12. The normalized spacial score (nSPS) is 16.5. The number of Topliss-reactive ketones (excluding diaryl/α,β-unsaturated/α-hetero) is 1. The molecular formula is C27H34N2O. The third-order valence-electron chi connectivity index (χ3n) is 5.97. The Morgan fingerprint density at radius 1 is 0.633 bits per heavy atom. The van der Waals surface area contributed by atoms with Gasteiger partial charge in [0.2, 0.25) is 0 Å². The minimum absolute atomic E-state index is 0.190. The highest BCUT2D eigenvalue weighted by molar-refractivity contribution is 6.15. The second-order valence-corrected chi connectivity index (χ2v) is 7.70. The van der Waals surface area contributed by atoms with Crippen LogP contribution in [0, 0.1) is 0 Å². The molecule has 2 aromatic carbocycles. The average molecular weight is 403 g/mol. The largest absolute Gasteiger partial charge is 0.372 e. The van der Waals surface area contributed by atoms with Gasteiger partial charge in [-0.3, -0.25) is 4.79 Å². The van der Waals surface area contributed by atoms with Gasteiger partial charge < -0.3 is 9.80 Å². The predicted molar refractivity (Wildman–Crippen MR) is 130 cm³/mol. The Morgan fingerprint density at radius 3 is 1.27 bits per heavy atom. The van der Waals surface area contributed by atoms with Crippen LogP contribution >= 0.6 is 0 Å². The van der Waals surface area contributed by atoms with Gasteiger partial charge in [-0.2, -0.15) is 0 Å². The molecule has 0 heterocycles. The standard InChI is InChI=1S/C27H34N2O/c1-5-28(6-2)25-15-9-21(10-16-25)19-23-13-14-24(27(23)30)20-22-11-17-26(18-12-22)29(7-3)8-4/h9-12,15-20H,5-8,13-14H2,1-4H3/b23-19-,24-20-. The van der Waals surface area contributed by atoms with Crippen LogP contribution in [-0.4, -0.2) is 32.0 Å². The molecule has 0 atom stereocenters. The summed E-state index contributed by atoms with van der Waals surface area (Å²) in [7, 11) is 0. The van der Waals surface area contributed by atoms with Crippen LogP contribution in [0.1, 0.15) is 51.7 Å². The summed E-state index contributed by atoms with van der Waals surface area (Å²) in [4.78, 5) is 17.5. The van der Waals surface area contributed by atoms with E-state index in [-0.39, 0.29) is 5.78 Å². The number of carbonyl (C=O) groups is 1. The monoisotopic (exact) mass is 402 g/mol. The molecule has 2 aromatic rings. The molecule has 0 N–H and O–H groups in total. The molecule has 3 heteroatoms. The topological polar surface area (TPSA) is 23.6 Å². The minimum atomic E-state index is 0.190. The van der Waals surface area contributed by atoms with Crippen LogP contribution in [0.15, 0.2) is 59.7 Å². The first-order valence-electron chi connectivity index (χ1n) is 11.2. The van der Waals surface area contributed by atoms with Gasteiger partial charge >= 0.3 is 0 Å². The zero-order chi connectivity index (χ0) is 21.5. The van der Waals surface area contributed by atoms with Crippen molar-refractivity contribution in [2.75, 3.05) is 36.0 Å². The van der Waals surface area contributed by atoms with E-state index in [1.165, 1.54) is 11.4 Å². The first-order chi connectivity index (χ1) is 14.6. The molecule has 1 aliphatic carbocycles. The van der Waals surface area contributed by atoms with Crippen LogP contribution in [0.5, 0.6) is 0 Å². The Labute approximate surface area is 181 Å². The molecule has 1 saturated carbocycles. The molecule has 0 radical (unpaired) electrons. The van der Waals surface area contributed by atoms with Gasteiger partial charge in [-0.05, 0) is 88.1 Å². The second-order valence-electron chi connectivity index (χ2n) is 7.70. The summed E-state index contributed by atoms with van der Waals surface area (Å²) in [6.45, 7) is 12.7. The Bertz CT molecular complexity index is 823. The molecule has 3 nitrogen and oxygen atoms in total. The van der Waals surface area contributed by atoms with E-state index in [0.29, 0.717) is 0 Å². The fraction of sp³-hybridized carbons (Fsp3) is 0.370. The van der Waals surface area contributed by atoms with Crippen LogP contribution in [-0.2, 0) is 4.79 Å². The summed E-state index contributed by atoms with van der Waals surface area (Å²) in [5, 5.41) is 0. The van der Waals surface area contributed by atoms with E-state index in [4.69, 9.17) is 0 Å². The molecule has 30 heavy (non-hydrogen) atoms. The maximum atomic E-state index is 12.9. The number of carbonyl (C=O) groups excluding carboxylic acids is 1. The van der Waals surface area contributed by atoms with Crippen LogP contribution in [0.4, 0.5) is 11.4 Å². The van der Waals surface area contributed by atoms with E-state index in [9.17, 15) is 4.79 Å². The maximum Gasteiger partial charge on any atom is 0.185 e. The Morgan fingerprint density at radius 2 is 0.967 bits per heavy atom. The summed E-state index contributed by atoms with van der Waals surface area (Å²) < 4.78 is 0. The van der Waals surface area contributed by atoms with Crippen molar-refractivity contribution in [3.63, 3.8) is 0 Å². The average Bonchev–Trinajstić information content (AvgIpc) is 3.11. The van der Waals surface area contributed by atoms with Gasteiger partial charge in [0.25, 0.3) is 0 Å². The van der Waals surface area contributed by atoms with Crippen molar-refractivity contribution in [2.24, 2.45) is 0 Å². The quantitative estimate of drug-likeness (QED) is 0.491. The van der Waals surface area contributed by atoms with Crippen molar-refractivity contribution >= 4 is 29.3 Å². The number of hydrogen-bond donors (Lipinski definition) is 0. The van der Waals surface area contributed by atoms with E-state index in [0.717, 1.165) is 61.3 Å². The predicted octanol–water partition coefficient (Wildman–Crippen LogP) is 6.21. The molecule has 0 aliphatic heterocycles. The molecular weight excluding hydrogens is 368 g/mol. The number of nitrogens with zero attached hydrogens (tertiary/aromatic N) is 2. The van der Waals surface area contributed by atoms with Crippen molar-refractivity contribution in [3.8, 4) is 0 Å². The van der Waals surface area contributed by atoms with E-state index < -0.39 is 0 Å². The molecule has 0 bridgehead atoms. The first kappa shape index (κ1) is 21.9. The zero-order valence-corrected chi connectivity index (χ0v) is 18.8. The zero-order valence-electron chi connectivity index (χ0n) is 18.8. The van der Waals surface area contributed by atoms with Gasteiger partial charge in [0, 0.05) is 48.7 Å². The van der Waals surface area contributed by atoms with E-state index in [1.807, 2.05) is 0 Å². The third kappa shape index (κ3) is 5.02. The second kappa shape index (κ2) is 10.3. The lowest BCUT2D eigenvalue weighted by Crippen LogP contribution is -2.21. The van der Waals surface area contributed by atoms with Gasteiger partial charge in [0.15, 0.2) is 5.78 Å². The molecule has 0 aromatic heterocycles. The van der Waals surface area contributed by atoms with Crippen LogP contribution in [0.3, 0.4) is 0 Å². The van der Waals surface area contributed by atoms with Crippen LogP contribution in [0.2, 0.25) is 0 Å². The van der Waals surface area contributed by atoms with E-state index in [2.05, 4.69) is 98.2 Å². The highest BCUT2D eigenvalue weighted by Gasteiger charge is 2.22. The highest BCUT2D eigenvalue weighted by atomic mass is 16.1. The van der Waals surface area contributed by atoms with Crippen molar-refractivity contribution in [2.45, 2.75) is 40.5 Å². The van der Waals surface area contributed by atoms with Gasteiger partial charge in [0.1, 0.15) is 0 Å². The van der Waals surface area contributed by atoms with Gasteiger partial charge in [-0.15, -0.1) is 0 Å². The van der Waals surface area contributed by atoms with Crippen molar-refractivity contribution < 1.29 is 4.79 Å². The van der Waals surface area contributed by atoms with Gasteiger partial charge in [0.05, 0.1) is 0 Å². The molecule has 0 saturated heterocycles. The van der Waals surface area contributed by atoms with Crippen molar-refractivity contribution in [1.29, 1.82) is 0 Å². The Hall–Kier alpha value is -2.81. The lowest BCUT2D eigenvalue weighted by atomic mass is 10.1. The van der Waals surface area contributed by atoms with Crippen LogP contribution < -0.4 is 9.80 Å². The Kier molecular flexibility index (Phi) is 7.51. The number of benzene rings is 2.